The van der Waals surface area contributed by atoms with E-state index in [4.69, 9.17) is 10.2 Å². The minimum atomic E-state index is -0.747. The number of rotatable bonds is 8. The van der Waals surface area contributed by atoms with Crippen molar-refractivity contribution in [1.82, 2.24) is 0 Å². The number of benzene rings is 1. The van der Waals surface area contributed by atoms with E-state index in [2.05, 4.69) is 12.2 Å². The van der Waals surface area contributed by atoms with E-state index < -0.39 is 5.97 Å². The molecule has 0 spiro atoms. The summed E-state index contributed by atoms with van der Waals surface area (Å²) < 4.78 is 0. The maximum Gasteiger partial charge on any atom is 0.303 e. The van der Waals surface area contributed by atoms with E-state index in [9.17, 15) is 9.90 Å². The van der Waals surface area contributed by atoms with Crippen LogP contribution in [0.4, 0.5) is 0 Å². The Balaban J connectivity index is 1.89. The Morgan fingerprint density at radius 3 is 2.57 bits per heavy atom. The molecule has 4 nitrogen and oxygen atoms in total. The lowest BCUT2D eigenvalue weighted by Gasteiger charge is -2.22. The fraction of sp³-hybridized carbons (Fsp3) is 0.526. The van der Waals surface area contributed by atoms with E-state index in [1.807, 2.05) is 24.3 Å². The number of carbonyl (C=O) groups is 1. The second kappa shape index (κ2) is 8.85. The van der Waals surface area contributed by atoms with Gasteiger partial charge in [-0.2, -0.15) is 0 Å². The molecule has 3 atom stereocenters. The molecule has 0 aromatic heterocycles. The number of aliphatic hydroxyl groups excluding tert-OH is 2. The molecular weight excluding hydrogens is 292 g/mol. The van der Waals surface area contributed by atoms with Gasteiger partial charge in [-0.05, 0) is 49.1 Å². The highest BCUT2D eigenvalue weighted by molar-refractivity contribution is 5.66. The van der Waals surface area contributed by atoms with Gasteiger partial charge in [0.2, 0.25) is 0 Å². The summed E-state index contributed by atoms with van der Waals surface area (Å²) in [6, 6.07) is 7.85. The van der Waals surface area contributed by atoms with Crippen molar-refractivity contribution in [2.75, 3.05) is 0 Å². The van der Waals surface area contributed by atoms with Gasteiger partial charge < -0.3 is 15.3 Å². The lowest BCUT2D eigenvalue weighted by atomic mass is 9.85. The van der Waals surface area contributed by atoms with Gasteiger partial charge >= 0.3 is 5.97 Å². The minimum Gasteiger partial charge on any atom is -0.481 e. The molecule has 1 aliphatic rings. The van der Waals surface area contributed by atoms with E-state index in [0.717, 1.165) is 36.8 Å². The van der Waals surface area contributed by atoms with Crippen LogP contribution in [0.25, 0.3) is 0 Å². The van der Waals surface area contributed by atoms with Gasteiger partial charge in [0.25, 0.3) is 0 Å². The van der Waals surface area contributed by atoms with Crippen LogP contribution in [-0.4, -0.2) is 27.4 Å². The Morgan fingerprint density at radius 1 is 1.17 bits per heavy atom. The highest BCUT2D eigenvalue weighted by atomic mass is 16.4. The molecule has 0 saturated heterocycles. The number of allylic oxidation sites excluding steroid dienone is 2. The number of unbranched alkanes of at least 4 members (excludes halogenated alkanes) is 1. The second-order valence-electron chi connectivity index (χ2n) is 6.32. The summed E-state index contributed by atoms with van der Waals surface area (Å²) in [6.07, 6.45) is 8.29. The number of aliphatic carboxylic acids is 1. The molecule has 1 saturated carbocycles. The molecule has 1 aliphatic carbocycles. The summed E-state index contributed by atoms with van der Waals surface area (Å²) >= 11 is 0. The first-order chi connectivity index (χ1) is 11.1. The Hall–Kier alpha value is -1.65. The fourth-order valence-electron chi connectivity index (χ4n) is 3.42. The van der Waals surface area contributed by atoms with Gasteiger partial charge in [0.1, 0.15) is 0 Å². The van der Waals surface area contributed by atoms with Crippen molar-refractivity contribution in [2.24, 2.45) is 5.92 Å². The van der Waals surface area contributed by atoms with Crippen LogP contribution >= 0.6 is 0 Å². The molecule has 1 fully saturated rings. The standard InChI is InChI=1S/C19H26O4/c20-13-14-7-9-16(10-8-14)19-15(11-12-17(19)21)5-3-1-2-4-6-18(22)23/h1,3,7-10,15,17,19-21H,2,4-6,11-13H2,(H,22,23)/b3-1-/t15-,17+,19-/m0/s1. The molecule has 126 valence electrons. The summed E-state index contributed by atoms with van der Waals surface area (Å²) in [4.78, 5) is 10.5. The number of hydrogen-bond donors (Lipinski definition) is 3. The summed E-state index contributed by atoms with van der Waals surface area (Å²) in [5, 5.41) is 28.0. The number of carboxylic acid groups (broad SMARTS) is 1. The highest BCUT2D eigenvalue weighted by Gasteiger charge is 2.35. The topological polar surface area (TPSA) is 77.8 Å². The van der Waals surface area contributed by atoms with Crippen LogP contribution in [-0.2, 0) is 11.4 Å². The molecule has 0 heterocycles. The van der Waals surface area contributed by atoms with Crippen molar-refractivity contribution in [3.8, 4) is 0 Å². The lowest BCUT2D eigenvalue weighted by molar-refractivity contribution is -0.137. The summed E-state index contributed by atoms with van der Waals surface area (Å²) in [5.74, 6) is -0.184. The third-order valence-electron chi connectivity index (χ3n) is 4.67. The third-order valence-corrected chi connectivity index (χ3v) is 4.67. The first-order valence-electron chi connectivity index (χ1n) is 8.36. The van der Waals surface area contributed by atoms with E-state index in [1.165, 1.54) is 0 Å². The summed E-state index contributed by atoms with van der Waals surface area (Å²) in [6.45, 7) is 0.0377. The van der Waals surface area contributed by atoms with Crippen molar-refractivity contribution in [2.45, 2.75) is 57.2 Å². The number of carboxylic acids is 1. The van der Waals surface area contributed by atoms with Crippen molar-refractivity contribution in [1.29, 1.82) is 0 Å². The number of hydrogen-bond acceptors (Lipinski definition) is 3. The van der Waals surface area contributed by atoms with Crippen LogP contribution in [0.3, 0.4) is 0 Å². The van der Waals surface area contributed by atoms with Gasteiger partial charge in [-0.1, -0.05) is 36.4 Å². The quantitative estimate of drug-likeness (QED) is 0.508. The van der Waals surface area contributed by atoms with Crippen LogP contribution < -0.4 is 0 Å². The molecule has 23 heavy (non-hydrogen) atoms. The summed E-state index contributed by atoms with van der Waals surface area (Å²) in [7, 11) is 0. The minimum absolute atomic E-state index is 0.0377. The van der Waals surface area contributed by atoms with E-state index >= 15 is 0 Å². The zero-order valence-electron chi connectivity index (χ0n) is 13.4. The van der Waals surface area contributed by atoms with E-state index in [0.29, 0.717) is 12.3 Å². The average molecular weight is 318 g/mol. The molecule has 0 bridgehead atoms. The van der Waals surface area contributed by atoms with Gasteiger partial charge in [-0.25, -0.2) is 0 Å². The predicted molar refractivity (Wildman–Crippen MR) is 89.1 cm³/mol. The monoisotopic (exact) mass is 318 g/mol. The Morgan fingerprint density at radius 2 is 1.91 bits per heavy atom. The first-order valence-corrected chi connectivity index (χ1v) is 8.36. The van der Waals surface area contributed by atoms with Gasteiger partial charge in [0.15, 0.2) is 0 Å². The van der Waals surface area contributed by atoms with Crippen molar-refractivity contribution in [3.63, 3.8) is 0 Å². The first kappa shape index (κ1) is 17.7. The van der Waals surface area contributed by atoms with E-state index in [-0.39, 0.29) is 25.0 Å². The molecule has 2 rings (SSSR count). The molecule has 4 heteroatoms. The van der Waals surface area contributed by atoms with Crippen LogP contribution in [0.5, 0.6) is 0 Å². The molecule has 1 aromatic rings. The average Bonchev–Trinajstić information content (AvgIpc) is 2.91. The van der Waals surface area contributed by atoms with Crippen molar-refractivity contribution >= 4 is 5.97 Å². The van der Waals surface area contributed by atoms with Gasteiger partial charge in [0.05, 0.1) is 12.7 Å². The molecule has 3 N–H and O–H groups in total. The smallest absolute Gasteiger partial charge is 0.303 e. The maximum absolute atomic E-state index is 10.5. The van der Waals surface area contributed by atoms with Crippen LogP contribution in [0.2, 0.25) is 0 Å². The number of aliphatic hydroxyl groups is 2. The Labute approximate surface area is 137 Å². The van der Waals surface area contributed by atoms with Gasteiger partial charge in [-0.3, -0.25) is 4.79 Å². The predicted octanol–water partition coefficient (Wildman–Crippen LogP) is 3.23. The van der Waals surface area contributed by atoms with Crippen molar-refractivity contribution in [3.05, 3.63) is 47.5 Å². The zero-order valence-corrected chi connectivity index (χ0v) is 13.4. The lowest BCUT2D eigenvalue weighted by Crippen LogP contribution is -2.16. The van der Waals surface area contributed by atoms with Gasteiger partial charge in [0, 0.05) is 12.3 Å². The Bertz CT molecular complexity index is 521. The zero-order chi connectivity index (χ0) is 16.7. The summed E-state index contributed by atoms with van der Waals surface area (Å²) in [5.41, 5.74) is 2.02. The molecular formula is C19H26O4. The van der Waals surface area contributed by atoms with Crippen molar-refractivity contribution < 1.29 is 20.1 Å². The van der Waals surface area contributed by atoms with Gasteiger partial charge in [-0.15, -0.1) is 0 Å². The maximum atomic E-state index is 10.5. The normalized spacial score (nSPS) is 24.3. The third kappa shape index (κ3) is 5.19. The molecule has 0 amide bonds. The molecule has 0 radical (unpaired) electrons. The van der Waals surface area contributed by atoms with Crippen LogP contribution in [0.1, 0.15) is 55.6 Å². The van der Waals surface area contributed by atoms with Crippen LogP contribution in [0.15, 0.2) is 36.4 Å². The molecule has 0 aliphatic heterocycles. The highest BCUT2D eigenvalue weighted by Crippen LogP contribution is 2.42. The molecule has 1 aromatic carbocycles. The van der Waals surface area contributed by atoms with Crippen LogP contribution in [0, 0.1) is 5.92 Å². The Kier molecular flexibility index (Phi) is 6.81. The second-order valence-corrected chi connectivity index (χ2v) is 6.32. The fourth-order valence-corrected chi connectivity index (χ4v) is 3.42. The molecule has 0 unspecified atom stereocenters. The van der Waals surface area contributed by atoms with E-state index in [1.54, 1.807) is 0 Å². The SMILES string of the molecule is O=C(O)CCC/C=C\C[C@H]1CC[C@@H](O)[C@@H]1c1ccc(CO)cc1. The largest absolute Gasteiger partial charge is 0.481 e.